The number of carbonyl (C=O) groups excluding carboxylic acids is 1. The zero-order valence-corrected chi connectivity index (χ0v) is 17.5. The summed E-state index contributed by atoms with van der Waals surface area (Å²) in [4.78, 5) is 30.1. The highest BCUT2D eigenvalue weighted by Gasteiger charge is 2.44. The molecule has 4 rings (SSSR count). The van der Waals surface area contributed by atoms with Crippen molar-refractivity contribution in [3.63, 3.8) is 0 Å². The predicted octanol–water partition coefficient (Wildman–Crippen LogP) is 3.02. The van der Waals surface area contributed by atoms with Gasteiger partial charge in [-0.25, -0.2) is 4.90 Å². The molecular weight excluding hydrogens is 412 g/mol. The van der Waals surface area contributed by atoms with Gasteiger partial charge < -0.3 is 4.74 Å². The highest BCUT2D eigenvalue weighted by atomic mass is 35.5. The van der Waals surface area contributed by atoms with E-state index in [9.17, 15) is 9.59 Å². The van der Waals surface area contributed by atoms with Crippen LogP contribution < -0.4 is 19.9 Å². The molecule has 0 fully saturated rings. The van der Waals surface area contributed by atoms with Gasteiger partial charge in [0.05, 0.1) is 18.4 Å². The molecule has 1 aliphatic heterocycles. The number of nitrogens with one attached hydrogen (secondary N) is 1. The smallest absolute Gasteiger partial charge is 0.325 e. The molecule has 2 heterocycles. The largest absolute Gasteiger partial charge is 0.497 e. The number of fused-ring (bicyclic) bond motifs is 3. The van der Waals surface area contributed by atoms with Crippen LogP contribution in [0.4, 0.5) is 5.69 Å². The molecular formula is C20H18ClN4O3S+. The Kier molecular flexibility index (Phi) is 5.06. The molecule has 29 heavy (non-hydrogen) atoms. The summed E-state index contributed by atoms with van der Waals surface area (Å²) in [5.74, 6) is 0.514. The fourth-order valence-corrected chi connectivity index (χ4v) is 4.04. The first-order chi connectivity index (χ1) is 13.9. The van der Waals surface area contributed by atoms with E-state index in [1.54, 1.807) is 34.9 Å². The first kappa shape index (κ1) is 19.5. The number of anilines is 1. The van der Waals surface area contributed by atoms with Crippen LogP contribution in [-0.2, 0) is 4.79 Å². The fourth-order valence-electron chi connectivity index (χ4n) is 3.51. The maximum Gasteiger partial charge on any atom is 0.325 e. The van der Waals surface area contributed by atoms with E-state index >= 15 is 0 Å². The van der Waals surface area contributed by atoms with Gasteiger partial charge in [0.1, 0.15) is 5.75 Å². The Morgan fingerprint density at radius 2 is 2.00 bits per heavy atom. The van der Waals surface area contributed by atoms with Gasteiger partial charge in [-0.3, -0.25) is 14.6 Å². The third-order valence-corrected chi connectivity index (χ3v) is 5.56. The second-order valence-corrected chi connectivity index (χ2v) is 7.69. The minimum Gasteiger partial charge on any atom is -0.497 e. The van der Waals surface area contributed by atoms with Crippen LogP contribution in [0, 0.1) is 0 Å². The van der Waals surface area contributed by atoms with E-state index in [1.807, 2.05) is 30.5 Å². The van der Waals surface area contributed by atoms with Crippen molar-refractivity contribution in [3.05, 3.63) is 63.4 Å². The first-order valence-corrected chi connectivity index (χ1v) is 10.4. The molecule has 3 aromatic rings. The van der Waals surface area contributed by atoms with Gasteiger partial charge in [-0.2, -0.15) is 0 Å². The highest BCUT2D eigenvalue weighted by Crippen LogP contribution is 2.39. The Bertz CT molecular complexity index is 1160. The van der Waals surface area contributed by atoms with Crippen molar-refractivity contribution in [1.29, 1.82) is 0 Å². The van der Waals surface area contributed by atoms with Crippen LogP contribution in [0.1, 0.15) is 18.7 Å². The molecule has 0 bridgehead atoms. The Hall–Kier alpha value is -2.84. The average molecular weight is 430 g/mol. The van der Waals surface area contributed by atoms with Gasteiger partial charge in [-0.05, 0) is 53.4 Å². The summed E-state index contributed by atoms with van der Waals surface area (Å²) in [6.07, 6.45) is 1.19. The van der Waals surface area contributed by atoms with E-state index in [0.717, 1.165) is 5.56 Å². The molecule has 9 heteroatoms. The van der Waals surface area contributed by atoms with Crippen molar-refractivity contribution in [3.8, 4) is 17.0 Å². The molecule has 1 N–H and O–H groups in total. The number of aromatic amines is 1. The Balaban J connectivity index is 2.06. The number of benzene rings is 2. The van der Waals surface area contributed by atoms with Gasteiger partial charge in [-0.15, -0.1) is 0 Å². The molecule has 0 radical (unpaired) electrons. The summed E-state index contributed by atoms with van der Waals surface area (Å²) in [7, 11) is 1.59. The summed E-state index contributed by atoms with van der Waals surface area (Å²) in [5, 5.41) is 5.53. The molecule has 0 saturated heterocycles. The zero-order valence-electron chi connectivity index (χ0n) is 16.0. The van der Waals surface area contributed by atoms with Gasteiger partial charge >= 0.3 is 11.3 Å². The molecule has 1 aliphatic rings. The minimum atomic E-state index is -0.629. The van der Waals surface area contributed by atoms with Gasteiger partial charge in [0, 0.05) is 22.6 Å². The van der Waals surface area contributed by atoms with Crippen LogP contribution in [0.25, 0.3) is 11.3 Å². The van der Waals surface area contributed by atoms with Crippen LogP contribution in [0.2, 0.25) is 5.02 Å². The highest BCUT2D eigenvalue weighted by molar-refractivity contribution is 7.98. The van der Waals surface area contributed by atoms with Gasteiger partial charge in [-0.1, -0.05) is 23.4 Å². The number of amides is 1. The standard InChI is InChI=1S/C20H17ClN4O3S/c1-11(26)24-16-9-6-13(21)10-15(16)17-18(27)22-20(29-3)23-25(17)19(24)12-4-7-14(28-2)8-5-12/h4-10,19H,1-3H3/p+1/t19-/m1/s1. The molecule has 0 unspecified atom stereocenters. The topological polar surface area (TPSA) is 79.2 Å². The summed E-state index contributed by atoms with van der Waals surface area (Å²) in [5.41, 5.74) is 2.00. The molecule has 1 atom stereocenters. The van der Waals surface area contributed by atoms with E-state index in [-0.39, 0.29) is 11.5 Å². The summed E-state index contributed by atoms with van der Waals surface area (Å²) >= 11 is 7.52. The van der Waals surface area contributed by atoms with E-state index < -0.39 is 6.17 Å². The van der Waals surface area contributed by atoms with Crippen LogP contribution in [0.15, 0.2) is 52.4 Å². The number of methoxy groups -OCH3 is 1. The number of hydrogen-bond donors (Lipinski definition) is 1. The molecule has 7 nitrogen and oxygen atoms in total. The van der Waals surface area contributed by atoms with Gasteiger partial charge in [0.25, 0.3) is 6.17 Å². The lowest BCUT2D eigenvalue weighted by atomic mass is 10.0. The molecule has 1 amide bonds. The van der Waals surface area contributed by atoms with Crippen molar-refractivity contribution in [2.24, 2.45) is 0 Å². The van der Waals surface area contributed by atoms with Crippen LogP contribution in [0.5, 0.6) is 5.75 Å². The van der Waals surface area contributed by atoms with E-state index in [0.29, 0.717) is 32.9 Å². The number of ether oxygens (including phenoxy) is 1. The SMILES string of the molecule is COc1ccc([C@@H]2N(C(C)=O)c3ccc(Cl)cc3-c3c(=O)[nH]c(SC)n[n+]32)cc1. The van der Waals surface area contributed by atoms with Crippen molar-refractivity contribution >= 4 is 35.0 Å². The van der Waals surface area contributed by atoms with Crippen LogP contribution in [-0.4, -0.2) is 29.4 Å². The van der Waals surface area contributed by atoms with Gasteiger partial charge in [0.15, 0.2) is 0 Å². The van der Waals surface area contributed by atoms with Crippen molar-refractivity contribution in [2.45, 2.75) is 18.2 Å². The average Bonchev–Trinajstić information content (AvgIpc) is 2.72. The number of rotatable bonds is 3. The summed E-state index contributed by atoms with van der Waals surface area (Å²) in [6.45, 7) is 1.49. The molecule has 0 aliphatic carbocycles. The lowest BCUT2D eigenvalue weighted by molar-refractivity contribution is -0.763. The van der Waals surface area contributed by atoms with Gasteiger partial charge in [0.2, 0.25) is 11.1 Å². The Morgan fingerprint density at radius 3 is 2.62 bits per heavy atom. The van der Waals surface area contributed by atoms with Crippen molar-refractivity contribution in [1.82, 2.24) is 10.1 Å². The third kappa shape index (κ3) is 3.28. The predicted molar refractivity (Wildman–Crippen MR) is 112 cm³/mol. The zero-order chi connectivity index (χ0) is 20.7. The lowest BCUT2D eigenvalue weighted by Gasteiger charge is -2.31. The number of hydrogen-bond acceptors (Lipinski definition) is 5. The summed E-state index contributed by atoms with van der Waals surface area (Å²) in [6, 6.07) is 12.5. The maximum absolute atomic E-state index is 13.0. The number of thioether (sulfide) groups is 1. The maximum atomic E-state index is 13.0. The van der Waals surface area contributed by atoms with Crippen LogP contribution >= 0.6 is 23.4 Å². The number of carbonyl (C=O) groups is 1. The second-order valence-electron chi connectivity index (χ2n) is 6.45. The first-order valence-electron chi connectivity index (χ1n) is 8.78. The minimum absolute atomic E-state index is 0.180. The lowest BCUT2D eigenvalue weighted by Crippen LogP contribution is -2.60. The Morgan fingerprint density at radius 1 is 1.28 bits per heavy atom. The van der Waals surface area contributed by atoms with Crippen molar-refractivity contribution in [2.75, 3.05) is 18.3 Å². The normalized spacial score (nSPS) is 14.9. The molecule has 0 spiro atoms. The van der Waals surface area contributed by atoms with E-state index in [1.165, 1.54) is 18.7 Å². The molecule has 0 saturated carbocycles. The molecule has 1 aromatic heterocycles. The second kappa shape index (κ2) is 7.53. The Labute approximate surface area is 176 Å². The third-order valence-electron chi connectivity index (χ3n) is 4.76. The quantitative estimate of drug-likeness (QED) is 0.511. The molecule has 2 aromatic carbocycles. The van der Waals surface area contributed by atoms with Crippen molar-refractivity contribution < 1.29 is 14.2 Å². The molecule has 148 valence electrons. The van der Waals surface area contributed by atoms with E-state index in [4.69, 9.17) is 16.3 Å². The number of H-pyrrole nitrogens is 1. The number of halogens is 1. The monoisotopic (exact) mass is 429 g/mol. The number of aromatic nitrogens is 3. The number of nitrogens with zero attached hydrogens (tertiary/aromatic N) is 3. The van der Waals surface area contributed by atoms with Crippen LogP contribution in [0.3, 0.4) is 0 Å². The fraction of sp³-hybridized carbons (Fsp3) is 0.200. The summed E-state index contributed by atoms with van der Waals surface area (Å²) < 4.78 is 6.84. The van der Waals surface area contributed by atoms with E-state index in [2.05, 4.69) is 10.1 Å².